The molecule has 0 aromatic carbocycles. The highest BCUT2D eigenvalue weighted by atomic mass is 19.4. The zero-order valence-electron chi connectivity index (χ0n) is 9.25. The molecule has 0 bridgehead atoms. The van der Waals surface area contributed by atoms with E-state index in [0.29, 0.717) is 0 Å². The Morgan fingerprint density at radius 3 is 2.44 bits per heavy atom. The fourth-order valence-electron chi connectivity index (χ4n) is 1.20. The number of carboxylic acid groups (broad SMARTS) is 1. The predicted molar refractivity (Wildman–Crippen MR) is 51.2 cm³/mol. The highest BCUT2D eigenvalue weighted by Gasteiger charge is 2.29. The fourth-order valence-corrected chi connectivity index (χ4v) is 1.20. The van der Waals surface area contributed by atoms with Crippen molar-refractivity contribution in [2.24, 2.45) is 0 Å². The lowest BCUT2D eigenvalue weighted by molar-refractivity contribution is -0.152. The fraction of sp³-hybridized carbons (Fsp3) is 0.889. The van der Waals surface area contributed by atoms with Crippen LogP contribution in [0.15, 0.2) is 0 Å². The van der Waals surface area contributed by atoms with Gasteiger partial charge in [-0.2, -0.15) is 13.2 Å². The molecule has 1 N–H and O–H groups in total. The number of nitrogens with zero attached hydrogens (tertiary/aromatic N) is 1. The number of carbonyl (C=O) groups is 1. The van der Waals surface area contributed by atoms with Crippen LogP contribution in [0.25, 0.3) is 0 Å². The third-order valence-corrected chi connectivity index (χ3v) is 1.87. The quantitative estimate of drug-likeness (QED) is 0.733. The summed E-state index contributed by atoms with van der Waals surface area (Å²) in [5.74, 6) is -1.15. The Kier molecular flexibility index (Phi) is 6.35. The van der Waals surface area contributed by atoms with E-state index < -0.39 is 24.8 Å². The predicted octanol–water partition coefficient (Wildman–Crippen LogP) is 1.36. The molecule has 4 nitrogen and oxygen atoms in total. The summed E-state index contributed by atoms with van der Waals surface area (Å²) in [5.41, 5.74) is 0. The zero-order valence-corrected chi connectivity index (χ0v) is 9.25. The van der Waals surface area contributed by atoms with Crippen molar-refractivity contribution in [3.8, 4) is 0 Å². The van der Waals surface area contributed by atoms with E-state index in [1.54, 1.807) is 6.92 Å². The maximum atomic E-state index is 11.9. The number of ether oxygens (including phenoxy) is 1. The molecule has 0 spiro atoms. The van der Waals surface area contributed by atoms with Gasteiger partial charge in [0.25, 0.3) is 0 Å². The standard InChI is InChI=1S/C9H16F3NO3/c1-3-16-7(8(14)15)4-5-13(2)6-9(10,11)12/h7H,3-6H2,1-2H3,(H,14,15). The minimum absolute atomic E-state index is 0.0243. The normalized spacial score (nSPS) is 14.1. The largest absolute Gasteiger partial charge is 0.479 e. The summed E-state index contributed by atoms with van der Waals surface area (Å²) in [6.45, 7) is 0.831. The second-order valence-electron chi connectivity index (χ2n) is 3.42. The smallest absolute Gasteiger partial charge is 0.401 e. The molecular weight excluding hydrogens is 227 g/mol. The van der Waals surface area contributed by atoms with Gasteiger partial charge in [-0.1, -0.05) is 0 Å². The second kappa shape index (κ2) is 6.70. The number of aliphatic carboxylic acids is 1. The van der Waals surface area contributed by atoms with E-state index in [2.05, 4.69) is 0 Å². The highest BCUT2D eigenvalue weighted by Crippen LogP contribution is 2.15. The van der Waals surface area contributed by atoms with Gasteiger partial charge in [-0.05, 0) is 20.4 Å². The van der Waals surface area contributed by atoms with Gasteiger partial charge >= 0.3 is 12.1 Å². The Labute approximate surface area is 92.0 Å². The third kappa shape index (κ3) is 7.47. The van der Waals surface area contributed by atoms with Crippen molar-refractivity contribution in [3.05, 3.63) is 0 Å². The molecule has 0 fully saturated rings. The van der Waals surface area contributed by atoms with Gasteiger partial charge in [-0.25, -0.2) is 4.79 Å². The van der Waals surface area contributed by atoms with Gasteiger partial charge in [0.2, 0.25) is 0 Å². The molecule has 0 aliphatic carbocycles. The van der Waals surface area contributed by atoms with Crippen LogP contribution in [0.5, 0.6) is 0 Å². The molecule has 0 aromatic rings. The highest BCUT2D eigenvalue weighted by molar-refractivity contribution is 5.72. The topological polar surface area (TPSA) is 49.8 Å². The van der Waals surface area contributed by atoms with Gasteiger partial charge in [-0.3, -0.25) is 4.90 Å². The molecule has 1 atom stereocenters. The van der Waals surface area contributed by atoms with Crippen molar-refractivity contribution in [3.63, 3.8) is 0 Å². The summed E-state index contributed by atoms with van der Waals surface area (Å²) in [4.78, 5) is 11.6. The van der Waals surface area contributed by atoms with Crippen molar-refractivity contribution in [1.82, 2.24) is 4.90 Å². The van der Waals surface area contributed by atoms with Crippen LogP contribution in [0.2, 0.25) is 0 Å². The van der Waals surface area contributed by atoms with Crippen LogP contribution in [0.1, 0.15) is 13.3 Å². The van der Waals surface area contributed by atoms with E-state index in [1.807, 2.05) is 0 Å². The number of hydrogen-bond donors (Lipinski definition) is 1. The molecule has 0 amide bonds. The minimum Gasteiger partial charge on any atom is -0.479 e. The van der Waals surface area contributed by atoms with Crippen LogP contribution in [0.3, 0.4) is 0 Å². The van der Waals surface area contributed by atoms with Crippen LogP contribution in [-0.2, 0) is 9.53 Å². The Bertz CT molecular complexity index is 221. The first-order chi connectivity index (χ1) is 7.26. The molecule has 1 unspecified atom stereocenters. The van der Waals surface area contributed by atoms with Crippen molar-refractivity contribution < 1.29 is 27.8 Å². The van der Waals surface area contributed by atoms with Gasteiger partial charge in [-0.15, -0.1) is 0 Å². The zero-order chi connectivity index (χ0) is 12.8. The molecule has 0 aliphatic rings. The Morgan fingerprint density at radius 2 is 2.06 bits per heavy atom. The molecule has 16 heavy (non-hydrogen) atoms. The van der Waals surface area contributed by atoms with Gasteiger partial charge in [0.15, 0.2) is 6.10 Å². The van der Waals surface area contributed by atoms with Gasteiger partial charge in [0.05, 0.1) is 6.54 Å². The van der Waals surface area contributed by atoms with Crippen LogP contribution in [0, 0.1) is 0 Å². The first-order valence-corrected chi connectivity index (χ1v) is 4.86. The van der Waals surface area contributed by atoms with E-state index in [4.69, 9.17) is 9.84 Å². The average Bonchev–Trinajstić information content (AvgIpc) is 2.08. The van der Waals surface area contributed by atoms with Gasteiger partial charge in [0, 0.05) is 13.2 Å². The molecule has 96 valence electrons. The summed E-state index contributed by atoms with van der Waals surface area (Å²) in [6, 6.07) is 0. The summed E-state index contributed by atoms with van der Waals surface area (Å²) >= 11 is 0. The van der Waals surface area contributed by atoms with Crippen LogP contribution in [0.4, 0.5) is 13.2 Å². The summed E-state index contributed by atoms with van der Waals surface area (Å²) in [5, 5.41) is 8.68. The summed E-state index contributed by atoms with van der Waals surface area (Å²) < 4.78 is 40.7. The molecule has 0 heterocycles. The lowest BCUT2D eigenvalue weighted by atomic mass is 10.2. The molecule has 7 heteroatoms. The van der Waals surface area contributed by atoms with Crippen molar-refractivity contribution >= 4 is 5.97 Å². The molecule has 0 aliphatic heterocycles. The Balaban J connectivity index is 3.96. The van der Waals surface area contributed by atoms with E-state index in [0.717, 1.165) is 4.90 Å². The van der Waals surface area contributed by atoms with Crippen molar-refractivity contribution in [2.75, 3.05) is 26.7 Å². The van der Waals surface area contributed by atoms with Crippen molar-refractivity contribution in [2.45, 2.75) is 25.6 Å². The van der Waals surface area contributed by atoms with Crippen LogP contribution < -0.4 is 0 Å². The molecule has 0 saturated carbocycles. The number of rotatable bonds is 7. The number of alkyl halides is 3. The second-order valence-corrected chi connectivity index (χ2v) is 3.42. The molecule has 0 radical (unpaired) electrons. The Morgan fingerprint density at radius 1 is 1.50 bits per heavy atom. The molecule has 0 aromatic heterocycles. The first-order valence-electron chi connectivity index (χ1n) is 4.86. The maximum absolute atomic E-state index is 11.9. The number of halogens is 3. The summed E-state index contributed by atoms with van der Waals surface area (Å²) in [6.07, 6.45) is -5.27. The lowest BCUT2D eigenvalue weighted by Gasteiger charge is -2.20. The third-order valence-electron chi connectivity index (χ3n) is 1.87. The molecule has 0 saturated heterocycles. The summed E-state index contributed by atoms with van der Waals surface area (Å²) in [7, 11) is 1.29. The lowest BCUT2D eigenvalue weighted by Crippen LogP contribution is -2.35. The minimum atomic E-state index is -4.26. The Hall–Kier alpha value is -0.820. The first kappa shape index (κ1) is 15.2. The van der Waals surface area contributed by atoms with E-state index in [9.17, 15) is 18.0 Å². The SMILES string of the molecule is CCOC(CCN(C)CC(F)(F)F)C(=O)O. The average molecular weight is 243 g/mol. The number of hydrogen-bond acceptors (Lipinski definition) is 3. The molecular formula is C9H16F3NO3. The monoisotopic (exact) mass is 243 g/mol. The van der Waals surface area contributed by atoms with Crippen LogP contribution in [-0.4, -0.2) is 55.0 Å². The van der Waals surface area contributed by atoms with Crippen molar-refractivity contribution in [1.29, 1.82) is 0 Å². The van der Waals surface area contributed by atoms with E-state index in [1.165, 1.54) is 7.05 Å². The van der Waals surface area contributed by atoms with Crippen LogP contribution >= 0.6 is 0 Å². The number of carboxylic acids is 1. The van der Waals surface area contributed by atoms with Gasteiger partial charge < -0.3 is 9.84 Å². The van der Waals surface area contributed by atoms with E-state index in [-0.39, 0.29) is 19.6 Å². The van der Waals surface area contributed by atoms with E-state index >= 15 is 0 Å². The van der Waals surface area contributed by atoms with Gasteiger partial charge in [0.1, 0.15) is 0 Å². The molecule has 0 rings (SSSR count). The maximum Gasteiger partial charge on any atom is 0.401 e.